The number of hydrogen-bond donors (Lipinski definition) is 3. The van der Waals surface area contributed by atoms with Gasteiger partial charge in [-0.3, -0.25) is 5.41 Å². The largest absolute Gasteiger partial charge is 0.426 e. The number of thiazole rings is 1. The zero-order valence-electron chi connectivity index (χ0n) is 8.71. The van der Waals surface area contributed by atoms with E-state index in [4.69, 9.17) is 5.41 Å². The lowest BCUT2D eigenvalue weighted by Crippen LogP contribution is -2.18. The van der Waals surface area contributed by atoms with Crippen LogP contribution >= 0.6 is 11.3 Å². The van der Waals surface area contributed by atoms with Crippen molar-refractivity contribution in [2.75, 3.05) is 6.54 Å². The van der Waals surface area contributed by atoms with E-state index in [-0.39, 0.29) is 4.80 Å². The Morgan fingerprint density at radius 2 is 2.40 bits per heavy atom. The first-order chi connectivity index (χ1) is 7.22. The van der Waals surface area contributed by atoms with Crippen molar-refractivity contribution >= 4 is 17.4 Å². The van der Waals surface area contributed by atoms with Crippen molar-refractivity contribution in [1.29, 1.82) is 5.41 Å². The summed E-state index contributed by atoms with van der Waals surface area (Å²) >= 11 is 1.32. The molecule has 1 aromatic heterocycles. The molecule has 0 aliphatic heterocycles. The molecule has 15 heavy (non-hydrogen) atoms. The molecule has 0 aromatic carbocycles. The second-order valence-corrected chi connectivity index (χ2v) is 4.66. The number of nitrogens with zero attached hydrogens (tertiary/aromatic N) is 1. The van der Waals surface area contributed by atoms with Crippen molar-refractivity contribution in [2.45, 2.75) is 26.2 Å². The molecule has 0 saturated carbocycles. The molecule has 1 aromatic rings. The van der Waals surface area contributed by atoms with Crippen molar-refractivity contribution in [3.63, 3.8) is 0 Å². The molecule has 1 heterocycles. The molecule has 2 rings (SSSR count). The molecule has 0 fully saturated rings. The fourth-order valence-electron chi connectivity index (χ4n) is 1.68. The molecule has 0 unspecified atom stereocenters. The summed E-state index contributed by atoms with van der Waals surface area (Å²) in [6.07, 6.45) is 4.88. The second kappa shape index (κ2) is 4.10. The Kier molecular flexibility index (Phi) is 2.81. The number of nitrogens with one attached hydrogen (secondary N) is 2. The molecule has 1 aliphatic rings. The molecule has 0 spiro atoms. The van der Waals surface area contributed by atoms with Gasteiger partial charge in [0.05, 0.1) is 10.6 Å². The van der Waals surface area contributed by atoms with Gasteiger partial charge in [-0.25, -0.2) is 0 Å². The highest BCUT2D eigenvalue weighted by molar-refractivity contribution is 7.10. The van der Waals surface area contributed by atoms with Crippen LogP contribution in [0.2, 0.25) is 0 Å². The monoisotopic (exact) mass is 225 g/mol. The first kappa shape index (κ1) is 10.3. The van der Waals surface area contributed by atoms with Crippen molar-refractivity contribution in [3.8, 4) is 0 Å². The quantitative estimate of drug-likeness (QED) is 0.684. The van der Waals surface area contributed by atoms with E-state index in [0.29, 0.717) is 0 Å². The van der Waals surface area contributed by atoms with Crippen molar-refractivity contribution in [2.24, 2.45) is 0 Å². The van der Waals surface area contributed by atoms with E-state index in [9.17, 15) is 5.21 Å². The van der Waals surface area contributed by atoms with E-state index >= 15 is 0 Å². The zero-order chi connectivity index (χ0) is 10.8. The molecular formula is C10H15N3OS. The van der Waals surface area contributed by atoms with Crippen LogP contribution in [0.3, 0.4) is 0 Å². The summed E-state index contributed by atoms with van der Waals surface area (Å²) in [6.45, 7) is 3.12. The van der Waals surface area contributed by atoms with E-state index in [1.165, 1.54) is 17.0 Å². The summed E-state index contributed by atoms with van der Waals surface area (Å²) in [5, 5.41) is 20.4. The molecule has 1 aliphatic carbocycles. The predicted molar refractivity (Wildman–Crippen MR) is 59.9 cm³/mol. The van der Waals surface area contributed by atoms with Crippen molar-refractivity contribution in [3.05, 3.63) is 21.1 Å². The highest BCUT2D eigenvalue weighted by Gasteiger charge is 2.16. The molecule has 4 nitrogen and oxygen atoms in total. The van der Waals surface area contributed by atoms with E-state index in [1.807, 2.05) is 6.08 Å². The van der Waals surface area contributed by atoms with Gasteiger partial charge in [0.25, 0.3) is 0 Å². The van der Waals surface area contributed by atoms with E-state index < -0.39 is 0 Å². The van der Waals surface area contributed by atoms with Crippen molar-refractivity contribution in [1.82, 2.24) is 10.0 Å². The Labute approximate surface area is 92.3 Å². The van der Waals surface area contributed by atoms with Gasteiger partial charge >= 0.3 is 0 Å². The van der Waals surface area contributed by atoms with Gasteiger partial charge < -0.3 is 10.5 Å². The highest BCUT2D eigenvalue weighted by atomic mass is 32.1. The molecule has 5 heteroatoms. The average molecular weight is 225 g/mol. The molecular weight excluding hydrogens is 210 g/mol. The summed E-state index contributed by atoms with van der Waals surface area (Å²) in [4.78, 5) is 1.21. The van der Waals surface area contributed by atoms with Gasteiger partial charge in [-0.15, -0.1) is 0 Å². The van der Waals surface area contributed by atoms with E-state index in [2.05, 4.69) is 12.2 Å². The summed E-state index contributed by atoms with van der Waals surface area (Å²) in [7, 11) is 0. The minimum absolute atomic E-state index is 0.202. The number of fused-ring (bicyclic) bond motifs is 1. The Bertz CT molecular complexity index is 444. The SMILES string of the molecule is CCCNC1=Cc2sc(=N)n(O)c2CC1. The van der Waals surface area contributed by atoms with Gasteiger partial charge in [-0.2, -0.15) is 4.73 Å². The second-order valence-electron chi connectivity index (χ2n) is 3.63. The third kappa shape index (κ3) is 1.92. The van der Waals surface area contributed by atoms with Crippen LogP contribution in [0.4, 0.5) is 0 Å². The van der Waals surface area contributed by atoms with Gasteiger partial charge in [-0.1, -0.05) is 18.3 Å². The minimum Gasteiger partial charge on any atom is -0.426 e. The average Bonchev–Trinajstić information content (AvgIpc) is 2.52. The maximum Gasteiger partial charge on any atom is 0.216 e. The van der Waals surface area contributed by atoms with Crippen LogP contribution in [0.25, 0.3) is 6.08 Å². The molecule has 0 radical (unpaired) electrons. The van der Waals surface area contributed by atoms with E-state index in [0.717, 1.165) is 41.1 Å². The van der Waals surface area contributed by atoms with Crippen LogP contribution < -0.4 is 10.1 Å². The highest BCUT2D eigenvalue weighted by Crippen LogP contribution is 2.23. The lowest BCUT2D eigenvalue weighted by molar-refractivity contribution is 0.166. The zero-order valence-corrected chi connectivity index (χ0v) is 9.52. The first-order valence-corrected chi connectivity index (χ1v) is 5.97. The number of aromatic nitrogens is 1. The Morgan fingerprint density at radius 3 is 3.13 bits per heavy atom. The molecule has 0 atom stereocenters. The summed E-state index contributed by atoms with van der Waals surface area (Å²) < 4.78 is 0.993. The fraction of sp³-hybridized carbons (Fsp3) is 0.500. The Morgan fingerprint density at radius 1 is 1.60 bits per heavy atom. The third-order valence-electron chi connectivity index (χ3n) is 2.48. The minimum atomic E-state index is 0.202. The van der Waals surface area contributed by atoms with Gasteiger partial charge in [0.1, 0.15) is 0 Å². The molecule has 3 N–H and O–H groups in total. The topological polar surface area (TPSA) is 61.0 Å². The van der Waals surface area contributed by atoms with E-state index in [1.54, 1.807) is 0 Å². The summed E-state index contributed by atoms with van der Waals surface area (Å²) in [5.74, 6) is 0. The molecule has 82 valence electrons. The smallest absolute Gasteiger partial charge is 0.216 e. The molecule has 0 amide bonds. The van der Waals surface area contributed by atoms with Gasteiger partial charge in [0.2, 0.25) is 4.80 Å². The lowest BCUT2D eigenvalue weighted by atomic mass is 10.1. The van der Waals surface area contributed by atoms with Crippen LogP contribution in [0.15, 0.2) is 5.70 Å². The van der Waals surface area contributed by atoms with Gasteiger partial charge in [0, 0.05) is 12.2 Å². The van der Waals surface area contributed by atoms with Crippen LogP contribution in [0.5, 0.6) is 0 Å². The maximum absolute atomic E-state index is 9.54. The Balaban J connectivity index is 2.25. The van der Waals surface area contributed by atoms with Crippen LogP contribution in [-0.2, 0) is 6.42 Å². The summed E-state index contributed by atoms with van der Waals surface area (Å²) in [6, 6.07) is 0. The standard InChI is InChI=1S/C10H15N3OS/c1-2-5-12-7-3-4-8-9(6-7)15-10(11)13(8)14/h6,11-12,14H,2-5H2,1H3. The maximum atomic E-state index is 9.54. The first-order valence-electron chi connectivity index (χ1n) is 5.15. The Hall–Kier alpha value is -1.23. The van der Waals surface area contributed by atoms with Crippen LogP contribution in [0, 0.1) is 5.41 Å². The van der Waals surface area contributed by atoms with Crippen molar-refractivity contribution < 1.29 is 5.21 Å². The third-order valence-corrected chi connectivity index (χ3v) is 3.42. The number of allylic oxidation sites excluding steroid dienone is 1. The molecule has 0 saturated heterocycles. The normalized spacial score (nSPS) is 14.6. The van der Waals surface area contributed by atoms with Crippen LogP contribution in [0.1, 0.15) is 30.3 Å². The van der Waals surface area contributed by atoms with Gasteiger partial charge in [0.15, 0.2) is 0 Å². The predicted octanol–water partition coefficient (Wildman–Crippen LogP) is 1.55. The summed E-state index contributed by atoms with van der Waals surface area (Å²) in [5.41, 5.74) is 2.08. The number of rotatable bonds is 3. The lowest BCUT2D eigenvalue weighted by Gasteiger charge is -2.14. The molecule has 0 bridgehead atoms. The number of hydrogen-bond acceptors (Lipinski definition) is 4. The van der Waals surface area contributed by atoms with Crippen LogP contribution in [-0.4, -0.2) is 16.5 Å². The van der Waals surface area contributed by atoms with Gasteiger partial charge in [-0.05, 0) is 25.3 Å². The fourth-order valence-corrected chi connectivity index (χ4v) is 2.60.